The fraction of sp³-hybridized carbons (Fsp3) is 0.625. The molecular formula is C16H19F7O2. The molecule has 0 radical (unpaired) electrons. The van der Waals surface area contributed by atoms with Gasteiger partial charge in [-0.05, 0) is 26.8 Å². The zero-order valence-corrected chi connectivity index (χ0v) is 14.1. The lowest BCUT2D eigenvalue weighted by Crippen LogP contribution is -2.54. The van der Waals surface area contributed by atoms with Gasteiger partial charge in [0, 0.05) is 12.7 Å². The Morgan fingerprint density at radius 3 is 1.92 bits per heavy atom. The van der Waals surface area contributed by atoms with E-state index in [1.54, 1.807) is 13.8 Å². The minimum absolute atomic E-state index is 0.0520. The van der Waals surface area contributed by atoms with Crippen LogP contribution < -0.4 is 4.74 Å². The highest BCUT2D eigenvalue weighted by Crippen LogP contribution is 2.52. The second-order valence-corrected chi connectivity index (χ2v) is 6.05. The summed E-state index contributed by atoms with van der Waals surface area (Å²) in [6, 6.07) is 5.61. The molecule has 0 saturated carbocycles. The Labute approximate surface area is 140 Å². The first-order valence-corrected chi connectivity index (χ1v) is 7.31. The summed E-state index contributed by atoms with van der Waals surface area (Å²) < 4.78 is 102. The molecular weight excluding hydrogens is 357 g/mol. The summed E-state index contributed by atoms with van der Waals surface area (Å²) >= 11 is 0. The van der Waals surface area contributed by atoms with Gasteiger partial charge in [0.25, 0.3) is 0 Å². The van der Waals surface area contributed by atoms with E-state index in [1.165, 1.54) is 24.3 Å². The number of rotatable bonds is 7. The van der Waals surface area contributed by atoms with Crippen molar-refractivity contribution in [3.63, 3.8) is 0 Å². The molecule has 0 bridgehead atoms. The molecule has 25 heavy (non-hydrogen) atoms. The van der Waals surface area contributed by atoms with Gasteiger partial charge in [0.05, 0.1) is 18.1 Å². The smallest absolute Gasteiger partial charge is 0.459 e. The second-order valence-electron chi connectivity index (χ2n) is 6.05. The molecule has 0 aliphatic rings. The van der Waals surface area contributed by atoms with Crippen LogP contribution in [0.25, 0.3) is 0 Å². The molecule has 0 N–H and O–H groups in total. The Kier molecular flexibility index (Phi) is 6.04. The van der Waals surface area contributed by atoms with Crippen molar-refractivity contribution in [2.24, 2.45) is 0 Å². The van der Waals surface area contributed by atoms with Crippen LogP contribution in [0.5, 0.6) is 5.75 Å². The third kappa shape index (κ3) is 4.37. The molecule has 0 spiro atoms. The SMILES string of the molecule is COC(C)(CC(F)(F)C(F)(F)C(F)(F)F)c1ccccc1OC(C)C. The van der Waals surface area contributed by atoms with E-state index in [2.05, 4.69) is 0 Å². The highest BCUT2D eigenvalue weighted by Gasteiger charge is 2.73. The van der Waals surface area contributed by atoms with Gasteiger partial charge in [-0.3, -0.25) is 0 Å². The largest absolute Gasteiger partial charge is 0.491 e. The number of hydrogen-bond donors (Lipinski definition) is 0. The van der Waals surface area contributed by atoms with E-state index in [1.807, 2.05) is 0 Å². The summed E-state index contributed by atoms with van der Waals surface area (Å²) in [7, 11) is 0.952. The molecule has 1 aromatic rings. The Morgan fingerprint density at radius 2 is 1.48 bits per heavy atom. The van der Waals surface area contributed by atoms with E-state index in [4.69, 9.17) is 9.47 Å². The average molecular weight is 376 g/mol. The molecule has 144 valence electrons. The van der Waals surface area contributed by atoms with Crippen molar-refractivity contribution >= 4 is 0 Å². The van der Waals surface area contributed by atoms with E-state index in [-0.39, 0.29) is 17.4 Å². The molecule has 0 aliphatic heterocycles. The predicted molar refractivity (Wildman–Crippen MR) is 77.1 cm³/mol. The van der Waals surface area contributed by atoms with Crippen molar-refractivity contribution in [3.8, 4) is 5.75 Å². The maximum Gasteiger partial charge on any atom is 0.459 e. The monoisotopic (exact) mass is 376 g/mol. The van der Waals surface area contributed by atoms with Gasteiger partial charge in [-0.2, -0.15) is 30.7 Å². The topological polar surface area (TPSA) is 18.5 Å². The zero-order valence-electron chi connectivity index (χ0n) is 14.1. The van der Waals surface area contributed by atoms with Crippen LogP contribution in [0.1, 0.15) is 32.8 Å². The van der Waals surface area contributed by atoms with Crippen LogP contribution >= 0.6 is 0 Å². The van der Waals surface area contributed by atoms with Gasteiger partial charge in [-0.25, -0.2) is 0 Å². The van der Waals surface area contributed by atoms with Crippen LogP contribution in [0, 0.1) is 0 Å². The van der Waals surface area contributed by atoms with Crippen LogP contribution in [0.15, 0.2) is 24.3 Å². The molecule has 0 heterocycles. The van der Waals surface area contributed by atoms with E-state index in [9.17, 15) is 30.7 Å². The quantitative estimate of drug-likeness (QED) is 0.580. The molecule has 9 heteroatoms. The van der Waals surface area contributed by atoms with Crippen LogP contribution in [0.2, 0.25) is 0 Å². The van der Waals surface area contributed by atoms with Gasteiger partial charge in [0.15, 0.2) is 0 Å². The van der Waals surface area contributed by atoms with Crippen LogP contribution in [-0.4, -0.2) is 31.2 Å². The maximum absolute atomic E-state index is 13.9. The van der Waals surface area contributed by atoms with Crippen molar-refractivity contribution in [1.29, 1.82) is 0 Å². The molecule has 1 rings (SSSR count). The average Bonchev–Trinajstić information content (AvgIpc) is 2.45. The summed E-state index contributed by atoms with van der Waals surface area (Å²) in [5.74, 6) is -11.5. The van der Waals surface area contributed by atoms with Crippen molar-refractivity contribution < 1.29 is 40.2 Å². The molecule has 2 nitrogen and oxygen atoms in total. The predicted octanol–water partition coefficient (Wildman–Crippen LogP) is 5.56. The third-order valence-electron chi connectivity index (χ3n) is 3.64. The number of alkyl halides is 7. The molecule has 1 atom stereocenters. The van der Waals surface area contributed by atoms with Crippen molar-refractivity contribution in [2.45, 2.75) is 56.9 Å². The number of methoxy groups -OCH3 is 1. The van der Waals surface area contributed by atoms with Crippen molar-refractivity contribution in [3.05, 3.63) is 29.8 Å². The summed E-state index contributed by atoms with van der Waals surface area (Å²) in [6.45, 7) is 4.30. The van der Waals surface area contributed by atoms with Crippen molar-refractivity contribution in [1.82, 2.24) is 0 Å². The summed E-state index contributed by atoms with van der Waals surface area (Å²) in [5.41, 5.74) is -2.19. The van der Waals surface area contributed by atoms with Crippen LogP contribution in [0.3, 0.4) is 0 Å². The van der Waals surface area contributed by atoms with Gasteiger partial charge < -0.3 is 9.47 Å². The van der Waals surface area contributed by atoms with Crippen molar-refractivity contribution in [2.75, 3.05) is 7.11 Å². The Hall–Kier alpha value is -1.51. The molecule has 0 saturated heterocycles. The summed E-state index contributed by atoms with van der Waals surface area (Å²) in [6.07, 6.45) is -8.65. The third-order valence-corrected chi connectivity index (χ3v) is 3.64. The fourth-order valence-electron chi connectivity index (χ4n) is 2.28. The van der Waals surface area contributed by atoms with E-state index >= 15 is 0 Å². The first kappa shape index (κ1) is 21.5. The maximum atomic E-state index is 13.9. The fourth-order valence-corrected chi connectivity index (χ4v) is 2.28. The lowest BCUT2D eigenvalue weighted by molar-refractivity contribution is -0.362. The highest BCUT2D eigenvalue weighted by atomic mass is 19.4. The minimum atomic E-state index is -6.39. The number of benzene rings is 1. The second kappa shape index (κ2) is 7.01. The molecule has 0 fully saturated rings. The van der Waals surface area contributed by atoms with E-state index in [0.717, 1.165) is 14.0 Å². The van der Waals surface area contributed by atoms with E-state index in [0.29, 0.717) is 0 Å². The van der Waals surface area contributed by atoms with Gasteiger partial charge in [0.1, 0.15) is 5.75 Å². The first-order chi connectivity index (χ1) is 11.2. The standard InChI is InChI=1S/C16H19F7O2/c1-10(2)25-12-8-6-5-7-11(12)13(3,24-4)9-14(17,18)15(19,20)16(21,22)23/h5-8,10H,9H2,1-4H3. The van der Waals surface area contributed by atoms with Gasteiger partial charge in [0.2, 0.25) is 0 Å². The van der Waals surface area contributed by atoms with E-state index < -0.39 is 30.0 Å². The highest BCUT2D eigenvalue weighted by molar-refractivity contribution is 5.38. The van der Waals surface area contributed by atoms with Crippen LogP contribution in [-0.2, 0) is 10.3 Å². The van der Waals surface area contributed by atoms with Gasteiger partial charge in [-0.15, -0.1) is 0 Å². The number of ether oxygens (including phenoxy) is 2. The van der Waals surface area contributed by atoms with Crippen LogP contribution in [0.4, 0.5) is 30.7 Å². The number of para-hydroxylation sites is 1. The molecule has 0 amide bonds. The van der Waals surface area contributed by atoms with Gasteiger partial charge in [-0.1, -0.05) is 18.2 Å². The minimum Gasteiger partial charge on any atom is -0.491 e. The lowest BCUT2D eigenvalue weighted by atomic mass is 9.86. The molecule has 0 aromatic heterocycles. The molecule has 0 aliphatic carbocycles. The summed E-state index contributed by atoms with van der Waals surface area (Å²) in [4.78, 5) is 0. The molecule has 1 unspecified atom stereocenters. The normalized spacial score (nSPS) is 16.0. The molecule has 1 aromatic carbocycles. The lowest BCUT2D eigenvalue weighted by Gasteiger charge is -2.37. The zero-order chi connectivity index (χ0) is 19.7. The number of halogens is 7. The Morgan fingerprint density at radius 1 is 0.960 bits per heavy atom. The van der Waals surface area contributed by atoms with Gasteiger partial charge >= 0.3 is 18.0 Å². The Balaban J connectivity index is 3.33. The summed E-state index contributed by atoms with van der Waals surface area (Å²) in [5, 5.41) is 0. The first-order valence-electron chi connectivity index (χ1n) is 7.31. The Bertz CT molecular complexity index is 584. The number of hydrogen-bond acceptors (Lipinski definition) is 2.